The lowest BCUT2D eigenvalue weighted by Crippen LogP contribution is -2.52. The molecular weight excluding hydrogens is 274 g/mol. The molecule has 4 rings (SSSR count). The number of aromatic amines is 1. The van der Waals surface area contributed by atoms with Crippen LogP contribution in [0.2, 0.25) is 0 Å². The summed E-state index contributed by atoms with van der Waals surface area (Å²) in [4.78, 5) is 20.4. The molecule has 1 amide bonds. The molecule has 0 saturated carbocycles. The third-order valence-corrected chi connectivity index (χ3v) is 4.66. The van der Waals surface area contributed by atoms with Crippen molar-refractivity contribution < 1.29 is 9.78 Å². The summed E-state index contributed by atoms with van der Waals surface area (Å²) in [5, 5.41) is 0. The first kappa shape index (κ1) is 13.3. The van der Waals surface area contributed by atoms with Gasteiger partial charge in [-0.05, 0) is 31.0 Å². The van der Waals surface area contributed by atoms with Gasteiger partial charge in [-0.25, -0.2) is 9.88 Å². The zero-order valence-electron chi connectivity index (χ0n) is 12.7. The second kappa shape index (κ2) is 5.13. The number of aromatic nitrogens is 1. The van der Waals surface area contributed by atoms with E-state index in [0.29, 0.717) is 6.54 Å². The molecule has 2 aliphatic rings. The van der Waals surface area contributed by atoms with Crippen LogP contribution < -0.4 is 14.8 Å². The normalized spacial score (nSPS) is 20.0. The number of anilines is 2. The first-order valence-corrected chi connectivity index (χ1v) is 7.88. The third kappa shape index (κ3) is 2.06. The van der Waals surface area contributed by atoms with Crippen LogP contribution in [0.4, 0.5) is 11.5 Å². The van der Waals surface area contributed by atoms with E-state index in [1.165, 1.54) is 11.1 Å². The quantitative estimate of drug-likeness (QED) is 0.852. The molecule has 0 bridgehead atoms. The van der Waals surface area contributed by atoms with Gasteiger partial charge < -0.3 is 0 Å². The lowest BCUT2D eigenvalue weighted by atomic mass is 10.1. The minimum absolute atomic E-state index is 0.00315. The molecule has 0 unspecified atom stereocenters. The van der Waals surface area contributed by atoms with Gasteiger partial charge in [-0.1, -0.05) is 29.8 Å². The summed E-state index contributed by atoms with van der Waals surface area (Å²) in [6, 6.07) is 12.4. The van der Waals surface area contributed by atoms with E-state index in [1.54, 1.807) is 0 Å². The Morgan fingerprint density at radius 2 is 2.05 bits per heavy atom. The van der Waals surface area contributed by atoms with Gasteiger partial charge in [0.2, 0.25) is 0 Å². The van der Waals surface area contributed by atoms with Crippen molar-refractivity contribution in [2.45, 2.75) is 32.4 Å². The summed E-state index contributed by atoms with van der Waals surface area (Å²) in [6.07, 6.45) is 3.97. The van der Waals surface area contributed by atoms with E-state index in [4.69, 9.17) is 0 Å². The Bertz CT molecular complexity index is 711. The average Bonchev–Trinajstić information content (AvgIpc) is 3.03. The Labute approximate surface area is 130 Å². The third-order valence-electron chi connectivity index (χ3n) is 4.66. The SMILES string of the molecule is Cc1ccc(CN2C(=O)[C@@H]3CCCN3c3[nH+]cccc32)cc1. The predicted molar refractivity (Wildman–Crippen MR) is 85.7 cm³/mol. The number of rotatable bonds is 2. The van der Waals surface area contributed by atoms with Crippen molar-refractivity contribution in [1.82, 2.24) is 0 Å². The summed E-state index contributed by atoms with van der Waals surface area (Å²) in [6.45, 7) is 3.67. The standard InChI is InChI=1S/C18H19N3O/c1-13-6-8-14(9-7-13)12-21-15-4-2-10-19-17(15)20-11-3-5-16(20)18(21)22/h2,4,6-10,16H,3,5,11-12H2,1H3/p+1/t16-/m0/s1. The number of hydrogen-bond donors (Lipinski definition) is 0. The molecule has 0 aliphatic carbocycles. The molecule has 1 saturated heterocycles. The summed E-state index contributed by atoms with van der Waals surface area (Å²) in [5.41, 5.74) is 3.40. The summed E-state index contributed by atoms with van der Waals surface area (Å²) in [5.74, 6) is 1.31. The summed E-state index contributed by atoms with van der Waals surface area (Å²) >= 11 is 0. The van der Waals surface area contributed by atoms with Gasteiger partial charge in [-0.3, -0.25) is 9.69 Å². The highest BCUT2D eigenvalue weighted by atomic mass is 16.2. The van der Waals surface area contributed by atoms with Crippen molar-refractivity contribution >= 4 is 17.4 Å². The van der Waals surface area contributed by atoms with Gasteiger partial charge in [0, 0.05) is 6.42 Å². The van der Waals surface area contributed by atoms with Crippen molar-refractivity contribution in [2.24, 2.45) is 0 Å². The maximum absolute atomic E-state index is 12.9. The molecule has 3 heterocycles. The number of H-pyrrole nitrogens is 1. The van der Waals surface area contributed by atoms with Gasteiger partial charge in [-0.2, -0.15) is 0 Å². The van der Waals surface area contributed by atoms with E-state index in [-0.39, 0.29) is 11.9 Å². The van der Waals surface area contributed by atoms with Crippen LogP contribution in [-0.4, -0.2) is 18.5 Å². The number of hydrogen-bond acceptors (Lipinski definition) is 2. The average molecular weight is 294 g/mol. The van der Waals surface area contributed by atoms with Crippen molar-refractivity contribution in [1.29, 1.82) is 0 Å². The molecule has 112 valence electrons. The molecule has 0 spiro atoms. The minimum atomic E-state index is -0.00315. The molecule has 1 aromatic heterocycles. The van der Waals surface area contributed by atoms with Gasteiger partial charge in [0.1, 0.15) is 5.69 Å². The lowest BCUT2D eigenvalue weighted by Gasteiger charge is -2.33. The number of nitrogens with one attached hydrogen (secondary N) is 1. The topological polar surface area (TPSA) is 37.7 Å². The van der Waals surface area contributed by atoms with Crippen LogP contribution in [0.5, 0.6) is 0 Å². The Morgan fingerprint density at radius 3 is 2.86 bits per heavy atom. The van der Waals surface area contributed by atoms with Gasteiger partial charge in [-0.15, -0.1) is 0 Å². The van der Waals surface area contributed by atoms with Crippen LogP contribution in [0, 0.1) is 6.92 Å². The summed E-state index contributed by atoms with van der Waals surface area (Å²) < 4.78 is 0. The molecule has 1 fully saturated rings. The first-order chi connectivity index (χ1) is 10.7. The Balaban J connectivity index is 1.73. The van der Waals surface area contributed by atoms with Gasteiger partial charge in [0.15, 0.2) is 6.04 Å². The smallest absolute Gasteiger partial charge is 0.297 e. The van der Waals surface area contributed by atoms with Crippen LogP contribution in [0.3, 0.4) is 0 Å². The highest BCUT2D eigenvalue weighted by molar-refractivity contribution is 6.04. The second-order valence-corrected chi connectivity index (χ2v) is 6.17. The van der Waals surface area contributed by atoms with E-state index >= 15 is 0 Å². The van der Waals surface area contributed by atoms with E-state index < -0.39 is 0 Å². The highest BCUT2D eigenvalue weighted by Crippen LogP contribution is 2.37. The van der Waals surface area contributed by atoms with E-state index in [1.807, 2.05) is 23.2 Å². The van der Waals surface area contributed by atoms with Crippen LogP contribution in [0.15, 0.2) is 42.6 Å². The lowest BCUT2D eigenvalue weighted by molar-refractivity contribution is -0.363. The number of nitrogens with zero attached hydrogens (tertiary/aromatic N) is 2. The minimum Gasteiger partial charge on any atom is -0.297 e. The molecule has 1 N–H and O–H groups in total. The van der Waals surface area contributed by atoms with Gasteiger partial charge >= 0.3 is 0 Å². The number of benzene rings is 1. The Morgan fingerprint density at radius 1 is 1.23 bits per heavy atom. The maximum Gasteiger partial charge on any atom is 0.299 e. The molecule has 22 heavy (non-hydrogen) atoms. The number of carbonyl (C=O) groups is 1. The molecule has 4 heteroatoms. The molecule has 1 atom stereocenters. The van der Waals surface area contributed by atoms with E-state index in [0.717, 1.165) is 30.9 Å². The van der Waals surface area contributed by atoms with Crippen molar-refractivity contribution in [3.63, 3.8) is 0 Å². The fraction of sp³-hybridized carbons (Fsp3) is 0.333. The zero-order chi connectivity index (χ0) is 15.1. The van der Waals surface area contributed by atoms with Crippen LogP contribution in [0.1, 0.15) is 24.0 Å². The molecule has 2 aliphatic heterocycles. The molecular formula is C18H20N3O+. The fourth-order valence-electron chi connectivity index (χ4n) is 3.50. The number of fused-ring (bicyclic) bond motifs is 3. The van der Waals surface area contributed by atoms with Gasteiger partial charge in [0.05, 0.1) is 19.3 Å². The predicted octanol–water partition coefficient (Wildman–Crippen LogP) is 2.32. The largest absolute Gasteiger partial charge is 0.299 e. The van der Waals surface area contributed by atoms with Crippen molar-refractivity contribution in [2.75, 3.05) is 16.3 Å². The Kier molecular flexibility index (Phi) is 3.10. The number of aryl methyl sites for hydroxylation is 1. The zero-order valence-corrected chi connectivity index (χ0v) is 12.7. The number of pyridine rings is 1. The molecule has 4 nitrogen and oxygen atoms in total. The van der Waals surface area contributed by atoms with Crippen LogP contribution in [-0.2, 0) is 11.3 Å². The monoisotopic (exact) mass is 294 g/mol. The molecule has 2 aromatic rings. The second-order valence-electron chi connectivity index (χ2n) is 6.17. The number of amides is 1. The van der Waals surface area contributed by atoms with Gasteiger partial charge in [0.25, 0.3) is 11.7 Å². The first-order valence-electron chi connectivity index (χ1n) is 7.88. The number of carbonyl (C=O) groups excluding carboxylic acids is 1. The van der Waals surface area contributed by atoms with Crippen LogP contribution >= 0.6 is 0 Å². The van der Waals surface area contributed by atoms with E-state index in [2.05, 4.69) is 41.1 Å². The highest BCUT2D eigenvalue weighted by Gasteiger charge is 2.46. The van der Waals surface area contributed by atoms with Crippen molar-refractivity contribution in [3.8, 4) is 0 Å². The Hall–Kier alpha value is -2.36. The van der Waals surface area contributed by atoms with Crippen LogP contribution in [0.25, 0.3) is 0 Å². The molecule has 1 aromatic carbocycles. The van der Waals surface area contributed by atoms with E-state index in [9.17, 15) is 4.79 Å². The van der Waals surface area contributed by atoms with Crippen molar-refractivity contribution in [3.05, 3.63) is 53.7 Å². The maximum atomic E-state index is 12.9. The summed E-state index contributed by atoms with van der Waals surface area (Å²) in [7, 11) is 0. The molecule has 0 radical (unpaired) electrons. The fourth-order valence-corrected chi connectivity index (χ4v) is 3.50.